The molecule has 0 aromatic heterocycles. The summed E-state index contributed by atoms with van der Waals surface area (Å²) < 4.78 is 18.1. The van der Waals surface area contributed by atoms with Gasteiger partial charge in [-0.3, -0.25) is 0 Å². The summed E-state index contributed by atoms with van der Waals surface area (Å²) in [5.41, 5.74) is 1.39. The van der Waals surface area contributed by atoms with E-state index in [1.54, 1.807) is 24.3 Å². The van der Waals surface area contributed by atoms with Crippen LogP contribution in [0.3, 0.4) is 0 Å². The lowest BCUT2D eigenvalue weighted by Crippen LogP contribution is -2.30. The fourth-order valence-electron chi connectivity index (χ4n) is 1.93. The van der Waals surface area contributed by atoms with E-state index in [0.717, 1.165) is 5.56 Å². The Kier molecular flexibility index (Phi) is 5.61. The van der Waals surface area contributed by atoms with Crippen LogP contribution in [0.2, 0.25) is 5.02 Å². The van der Waals surface area contributed by atoms with Gasteiger partial charge in [-0.1, -0.05) is 23.7 Å². The molecular formula is C16H16ClFN2O2. The van der Waals surface area contributed by atoms with Gasteiger partial charge in [0, 0.05) is 12.2 Å². The summed E-state index contributed by atoms with van der Waals surface area (Å²) in [6.45, 7) is 0.402. The van der Waals surface area contributed by atoms with E-state index < -0.39 is 0 Å². The molecule has 0 atom stereocenters. The van der Waals surface area contributed by atoms with Crippen LogP contribution >= 0.6 is 11.6 Å². The van der Waals surface area contributed by atoms with Crippen molar-refractivity contribution >= 4 is 23.3 Å². The van der Waals surface area contributed by atoms with E-state index in [4.69, 9.17) is 16.3 Å². The molecule has 2 rings (SSSR count). The molecule has 0 bridgehead atoms. The number of amides is 2. The van der Waals surface area contributed by atoms with Crippen molar-refractivity contribution in [2.24, 2.45) is 0 Å². The third-order valence-electron chi connectivity index (χ3n) is 3.00. The number of rotatable bonds is 5. The predicted molar refractivity (Wildman–Crippen MR) is 85.1 cm³/mol. The second kappa shape index (κ2) is 7.66. The van der Waals surface area contributed by atoms with Crippen LogP contribution in [0.15, 0.2) is 42.5 Å². The lowest BCUT2D eigenvalue weighted by Gasteiger charge is -2.09. The normalized spacial score (nSPS) is 10.1. The monoisotopic (exact) mass is 322 g/mol. The van der Waals surface area contributed by atoms with Crippen LogP contribution in [0.4, 0.5) is 14.9 Å². The standard InChI is InChI=1S/C16H16ClFN2O2/c1-22-15-6-5-13(10-14(15)17)20-16(21)19-8-7-11-3-2-4-12(18)9-11/h2-6,9-10H,7-8H2,1H3,(H2,19,20,21). The minimum atomic E-state index is -0.349. The second-order valence-corrected chi connectivity index (χ2v) is 5.02. The molecule has 0 saturated carbocycles. The molecule has 0 aliphatic heterocycles. The first-order chi connectivity index (χ1) is 10.6. The highest BCUT2D eigenvalue weighted by atomic mass is 35.5. The average molecular weight is 323 g/mol. The third kappa shape index (κ3) is 4.63. The Balaban J connectivity index is 1.82. The Morgan fingerprint density at radius 2 is 2.09 bits per heavy atom. The quantitative estimate of drug-likeness (QED) is 0.878. The van der Waals surface area contributed by atoms with Crippen LogP contribution in [0.1, 0.15) is 5.56 Å². The molecule has 22 heavy (non-hydrogen) atoms. The van der Waals surface area contributed by atoms with E-state index in [2.05, 4.69) is 10.6 Å². The fraction of sp³-hybridized carbons (Fsp3) is 0.188. The molecule has 2 N–H and O–H groups in total. The number of benzene rings is 2. The molecule has 0 aliphatic carbocycles. The third-order valence-corrected chi connectivity index (χ3v) is 3.29. The molecule has 0 saturated heterocycles. The summed E-state index contributed by atoms with van der Waals surface area (Å²) in [6.07, 6.45) is 0.550. The Morgan fingerprint density at radius 1 is 1.27 bits per heavy atom. The Hall–Kier alpha value is -2.27. The van der Waals surface area contributed by atoms with Gasteiger partial charge >= 0.3 is 6.03 Å². The number of carbonyl (C=O) groups is 1. The Labute approximate surface area is 133 Å². The molecular weight excluding hydrogens is 307 g/mol. The van der Waals surface area contributed by atoms with Crippen molar-refractivity contribution in [2.45, 2.75) is 6.42 Å². The molecule has 0 radical (unpaired) electrons. The van der Waals surface area contributed by atoms with Crippen molar-refractivity contribution in [3.05, 3.63) is 58.9 Å². The number of hydrogen-bond acceptors (Lipinski definition) is 2. The number of anilines is 1. The lowest BCUT2D eigenvalue weighted by atomic mass is 10.1. The van der Waals surface area contributed by atoms with E-state index in [1.165, 1.54) is 19.2 Å². The van der Waals surface area contributed by atoms with Gasteiger partial charge in [0.2, 0.25) is 0 Å². The van der Waals surface area contributed by atoms with Crippen molar-refractivity contribution in [3.8, 4) is 5.75 Å². The van der Waals surface area contributed by atoms with E-state index in [9.17, 15) is 9.18 Å². The smallest absolute Gasteiger partial charge is 0.319 e. The average Bonchev–Trinajstić information content (AvgIpc) is 2.47. The van der Waals surface area contributed by atoms with E-state index in [1.807, 2.05) is 6.07 Å². The topological polar surface area (TPSA) is 50.4 Å². The van der Waals surface area contributed by atoms with Crippen LogP contribution in [0, 0.1) is 5.82 Å². The SMILES string of the molecule is COc1ccc(NC(=O)NCCc2cccc(F)c2)cc1Cl. The first-order valence-electron chi connectivity index (χ1n) is 6.71. The van der Waals surface area contributed by atoms with Crippen LogP contribution < -0.4 is 15.4 Å². The summed E-state index contributed by atoms with van der Waals surface area (Å²) in [4.78, 5) is 11.8. The van der Waals surface area contributed by atoms with Crippen LogP contribution in [0.25, 0.3) is 0 Å². The number of carbonyl (C=O) groups excluding carboxylic acids is 1. The maximum atomic E-state index is 13.0. The summed E-state index contributed by atoms with van der Waals surface area (Å²) in [6, 6.07) is 10.9. The largest absolute Gasteiger partial charge is 0.495 e. The second-order valence-electron chi connectivity index (χ2n) is 4.61. The molecule has 2 aromatic carbocycles. The van der Waals surface area contributed by atoms with E-state index in [-0.39, 0.29) is 11.8 Å². The highest BCUT2D eigenvalue weighted by molar-refractivity contribution is 6.32. The van der Waals surface area contributed by atoms with Crippen LogP contribution in [0.5, 0.6) is 5.75 Å². The van der Waals surface area contributed by atoms with Gasteiger partial charge in [-0.25, -0.2) is 9.18 Å². The lowest BCUT2D eigenvalue weighted by molar-refractivity contribution is 0.252. The highest BCUT2D eigenvalue weighted by Crippen LogP contribution is 2.27. The summed E-state index contributed by atoms with van der Waals surface area (Å²) in [5.74, 6) is 0.258. The zero-order chi connectivity index (χ0) is 15.9. The van der Waals surface area contributed by atoms with Gasteiger partial charge in [-0.05, 0) is 42.3 Å². The fourth-order valence-corrected chi connectivity index (χ4v) is 2.19. The van der Waals surface area contributed by atoms with Gasteiger partial charge in [0.15, 0.2) is 0 Å². The molecule has 2 amide bonds. The van der Waals surface area contributed by atoms with Crippen molar-refractivity contribution in [3.63, 3.8) is 0 Å². The molecule has 2 aromatic rings. The summed E-state index contributed by atoms with van der Waals surface area (Å²) in [7, 11) is 1.52. The summed E-state index contributed by atoms with van der Waals surface area (Å²) in [5, 5.41) is 5.78. The maximum absolute atomic E-state index is 13.0. The zero-order valence-electron chi connectivity index (χ0n) is 12.0. The minimum absolute atomic E-state index is 0.283. The Bertz CT molecular complexity index is 664. The van der Waals surface area contributed by atoms with Crippen molar-refractivity contribution < 1.29 is 13.9 Å². The molecule has 4 nitrogen and oxygen atoms in total. The van der Waals surface area contributed by atoms with Gasteiger partial charge in [-0.15, -0.1) is 0 Å². The van der Waals surface area contributed by atoms with Crippen molar-refractivity contribution in [1.82, 2.24) is 5.32 Å². The van der Waals surface area contributed by atoms with Gasteiger partial charge in [0.05, 0.1) is 12.1 Å². The van der Waals surface area contributed by atoms with Crippen LogP contribution in [-0.4, -0.2) is 19.7 Å². The maximum Gasteiger partial charge on any atom is 0.319 e. The molecule has 0 unspecified atom stereocenters. The van der Waals surface area contributed by atoms with Crippen molar-refractivity contribution in [2.75, 3.05) is 19.0 Å². The van der Waals surface area contributed by atoms with E-state index in [0.29, 0.717) is 29.4 Å². The van der Waals surface area contributed by atoms with Gasteiger partial charge < -0.3 is 15.4 Å². The number of ether oxygens (including phenoxy) is 1. The van der Waals surface area contributed by atoms with Gasteiger partial charge in [0.25, 0.3) is 0 Å². The van der Waals surface area contributed by atoms with Crippen molar-refractivity contribution in [1.29, 1.82) is 0 Å². The van der Waals surface area contributed by atoms with Gasteiger partial charge in [0.1, 0.15) is 11.6 Å². The first-order valence-corrected chi connectivity index (χ1v) is 7.09. The van der Waals surface area contributed by atoms with Gasteiger partial charge in [-0.2, -0.15) is 0 Å². The van der Waals surface area contributed by atoms with Crippen LogP contribution in [-0.2, 0) is 6.42 Å². The first kappa shape index (κ1) is 16.1. The molecule has 116 valence electrons. The Morgan fingerprint density at radius 3 is 2.77 bits per heavy atom. The number of nitrogens with one attached hydrogen (secondary N) is 2. The minimum Gasteiger partial charge on any atom is -0.495 e. The number of halogens is 2. The van der Waals surface area contributed by atoms with E-state index >= 15 is 0 Å². The predicted octanol–water partition coefficient (Wildman–Crippen LogP) is 3.85. The zero-order valence-corrected chi connectivity index (χ0v) is 12.8. The number of urea groups is 1. The summed E-state index contributed by atoms with van der Waals surface area (Å²) >= 11 is 5.98. The highest BCUT2D eigenvalue weighted by Gasteiger charge is 2.05. The molecule has 6 heteroatoms. The molecule has 0 heterocycles. The molecule has 0 fully saturated rings. The number of methoxy groups -OCH3 is 1. The number of hydrogen-bond donors (Lipinski definition) is 2. The molecule has 0 aliphatic rings. The molecule has 0 spiro atoms.